The van der Waals surface area contributed by atoms with Gasteiger partial charge in [-0.1, -0.05) is 17.7 Å². The lowest BCUT2D eigenvalue weighted by Gasteiger charge is -2.23. The smallest absolute Gasteiger partial charge is 0.337 e. The Hall–Kier alpha value is -3.79. The first-order chi connectivity index (χ1) is 15.6. The van der Waals surface area contributed by atoms with Crippen LogP contribution in [0.4, 0.5) is 16.5 Å². The molecule has 1 heterocycles. The van der Waals surface area contributed by atoms with E-state index >= 15 is 0 Å². The molecule has 0 atom stereocenters. The highest BCUT2D eigenvalue weighted by Crippen LogP contribution is 2.35. The molecule has 0 saturated carbocycles. The Bertz CT molecular complexity index is 1210. The van der Waals surface area contributed by atoms with Gasteiger partial charge in [-0.15, -0.1) is 11.3 Å². The minimum absolute atomic E-state index is 0.0777. The second kappa shape index (κ2) is 9.78. The van der Waals surface area contributed by atoms with Crippen molar-refractivity contribution >= 4 is 39.7 Å². The first-order valence-corrected chi connectivity index (χ1v) is 10.8. The van der Waals surface area contributed by atoms with Crippen molar-refractivity contribution in [3.63, 3.8) is 0 Å². The summed E-state index contributed by atoms with van der Waals surface area (Å²) in [6, 6.07) is 7.76. The van der Waals surface area contributed by atoms with E-state index in [0.29, 0.717) is 10.8 Å². The van der Waals surface area contributed by atoms with Gasteiger partial charge in [0.25, 0.3) is 0 Å². The molecule has 0 aliphatic heterocycles. The fraction of sp³-hybridized carbons (Fsp3) is 0.261. The number of amides is 1. The SMILES string of the molecule is COC(=O)c1ccc([N+](=O)[O-])c(OCc2csc(N(C(C)=O)c3c(C)cc(C)cc3C)n2)c1. The number of hydrogen-bond acceptors (Lipinski definition) is 8. The quantitative estimate of drug-likeness (QED) is 0.271. The number of anilines is 2. The van der Waals surface area contributed by atoms with Crippen molar-refractivity contribution in [2.75, 3.05) is 12.0 Å². The van der Waals surface area contributed by atoms with Crippen LogP contribution in [0.5, 0.6) is 5.75 Å². The molecule has 2 aromatic carbocycles. The molecule has 0 N–H and O–H groups in total. The number of esters is 1. The number of carbonyl (C=O) groups is 2. The highest BCUT2D eigenvalue weighted by Gasteiger charge is 2.23. The van der Waals surface area contributed by atoms with Gasteiger partial charge in [0.15, 0.2) is 10.9 Å². The van der Waals surface area contributed by atoms with E-state index in [4.69, 9.17) is 4.74 Å². The summed E-state index contributed by atoms with van der Waals surface area (Å²) in [5.41, 5.74) is 4.11. The number of methoxy groups -OCH3 is 1. The van der Waals surface area contributed by atoms with Gasteiger partial charge >= 0.3 is 11.7 Å². The largest absolute Gasteiger partial charge is 0.480 e. The van der Waals surface area contributed by atoms with Gasteiger partial charge in [0.1, 0.15) is 6.61 Å². The number of nitro benzene ring substituents is 1. The van der Waals surface area contributed by atoms with E-state index in [-0.39, 0.29) is 29.5 Å². The highest BCUT2D eigenvalue weighted by molar-refractivity contribution is 7.14. The van der Waals surface area contributed by atoms with E-state index in [9.17, 15) is 19.7 Å². The number of carbonyl (C=O) groups excluding carboxylic acids is 2. The summed E-state index contributed by atoms with van der Waals surface area (Å²) in [5.74, 6) is -0.897. The van der Waals surface area contributed by atoms with E-state index in [1.165, 1.54) is 43.6 Å². The van der Waals surface area contributed by atoms with Crippen molar-refractivity contribution in [3.05, 3.63) is 73.8 Å². The van der Waals surface area contributed by atoms with Crippen LogP contribution >= 0.6 is 11.3 Å². The molecule has 172 valence electrons. The van der Waals surface area contributed by atoms with Gasteiger partial charge in [0.2, 0.25) is 5.91 Å². The normalized spacial score (nSPS) is 10.6. The van der Waals surface area contributed by atoms with Crippen LogP contribution in [0, 0.1) is 30.9 Å². The van der Waals surface area contributed by atoms with Crippen LogP contribution in [0.1, 0.15) is 39.7 Å². The molecule has 33 heavy (non-hydrogen) atoms. The zero-order chi connectivity index (χ0) is 24.3. The molecule has 0 radical (unpaired) electrons. The van der Waals surface area contributed by atoms with E-state index in [0.717, 1.165) is 22.4 Å². The maximum Gasteiger partial charge on any atom is 0.337 e. The fourth-order valence-electron chi connectivity index (χ4n) is 3.56. The van der Waals surface area contributed by atoms with E-state index in [1.54, 1.807) is 10.3 Å². The third-order valence-electron chi connectivity index (χ3n) is 4.86. The number of thiazole rings is 1. The van der Waals surface area contributed by atoms with Crippen LogP contribution in [-0.2, 0) is 16.1 Å². The molecule has 1 aromatic heterocycles. The molecule has 3 aromatic rings. The van der Waals surface area contributed by atoms with Gasteiger partial charge in [-0.3, -0.25) is 19.8 Å². The van der Waals surface area contributed by atoms with Crippen molar-refractivity contribution in [1.82, 2.24) is 4.98 Å². The Kier molecular flexibility index (Phi) is 7.07. The van der Waals surface area contributed by atoms with Gasteiger partial charge < -0.3 is 9.47 Å². The summed E-state index contributed by atoms with van der Waals surface area (Å²) in [6.07, 6.45) is 0. The lowest BCUT2D eigenvalue weighted by atomic mass is 10.0. The van der Waals surface area contributed by atoms with Crippen molar-refractivity contribution in [1.29, 1.82) is 0 Å². The van der Waals surface area contributed by atoms with Crippen molar-refractivity contribution in [2.24, 2.45) is 0 Å². The predicted molar refractivity (Wildman–Crippen MR) is 124 cm³/mol. The molecule has 0 unspecified atom stereocenters. The van der Waals surface area contributed by atoms with Crippen molar-refractivity contribution in [3.8, 4) is 5.75 Å². The molecule has 9 nitrogen and oxygen atoms in total. The molecule has 3 rings (SSSR count). The van der Waals surface area contributed by atoms with Crippen molar-refractivity contribution in [2.45, 2.75) is 34.3 Å². The first-order valence-electron chi connectivity index (χ1n) is 9.94. The topological polar surface area (TPSA) is 112 Å². The standard InChI is InChI=1S/C23H23N3O6S/c1-13-8-14(2)21(15(3)9-13)25(16(4)27)23-24-18(12-33-23)11-32-20-10-17(22(28)31-5)6-7-19(20)26(29)30/h6-10,12H,11H2,1-5H3. The molecule has 1 amide bonds. The zero-order valence-corrected chi connectivity index (χ0v) is 19.7. The number of ether oxygens (including phenoxy) is 2. The van der Waals surface area contributed by atoms with Crippen LogP contribution in [0.15, 0.2) is 35.7 Å². The van der Waals surface area contributed by atoms with E-state index in [2.05, 4.69) is 9.72 Å². The molecule has 0 aliphatic rings. The van der Waals surface area contributed by atoms with Crippen LogP contribution in [0.3, 0.4) is 0 Å². The average Bonchev–Trinajstić information content (AvgIpc) is 3.21. The Morgan fingerprint density at radius 3 is 2.39 bits per heavy atom. The molecule has 0 saturated heterocycles. The minimum atomic E-state index is -0.633. The van der Waals surface area contributed by atoms with Gasteiger partial charge in [-0.2, -0.15) is 0 Å². The Morgan fingerprint density at radius 1 is 1.15 bits per heavy atom. The van der Waals surface area contributed by atoms with Gasteiger partial charge in [0, 0.05) is 24.4 Å². The summed E-state index contributed by atoms with van der Waals surface area (Å²) in [7, 11) is 1.22. The van der Waals surface area contributed by atoms with E-state index in [1.807, 2.05) is 32.9 Å². The number of aryl methyl sites for hydroxylation is 3. The predicted octanol–water partition coefficient (Wildman–Crippen LogP) is 5.03. The second-order valence-corrected chi connectivity index (χ2v) is 8.28. The lowest BCUT2D eigenvalue weighted by Crippen LogP contribution is -2.24. The first kappa shape index (κ1) is 23.9. The number of nitro groups is 1. The van der Waals surface area contributed by atoms with Gasteiger partial charge in [-0.25, -0.2) is 9.78 Å². The summed E-state index contributed by atoms with van der Waals surface area (Å²) in [5, 5.41) is 13.5. The van der Waals surface area contributed by atoms with Gasteiger partial charge in [-0.05, 0) is 38.0 Å². The molecule has 0 aliphatic carbocycles. The number of rotatable bonds is 7. The summed E-state index contributed by atoms with van der Waals surface area (Å²) in [4.78, 5) is 41.1. The number of hydrogen-bond donors (Lipinski definition) is 0. The Balaban J connectivity index is 1.89. The third kappa shape index (κ3) is 5.17. The van der Waals surface area contributed by atoms with Crippen molar-refractivity contribution < 1.29 is 24.0 Å². The average molecular weight is 470 g/mol. The number of nitrogens with zero attached hydrogens (tertiary/aromatic N) is 3. The summed E-state index contributed by atoms with van der Waals surface area (Å²) < 4.78 is 10.3. The number of benzene rings is 2. The molecular weight excluding hydrogens is 446 g/mol. The molecule has 10 heteroatoms. The maximum atomic E-state index is 12.5. The minimum Gasteiger partial charge on any atom is -0.480 e. The van der Waals surface area contributed by atoms with Crippen LogP contribution in [0.2, 0.25) is 0 Å². The zero-order valence-electron chi connectivity index (χ0n) is 18.9. The molecule has 0 spiro atoms. The molecule has 0 fully saturated rings. The number of aromatic nitrogens is 1. The highest BCUT2D eigenvalue weighted by atomic mass is 32.1. The Morgan fingerprint density at radius 2 is 1.82 bits per heavy atom. The summed E-state index contributed by atoms with van der Waals surface area (Å²) in [6.45, 7) is 7.26. The van der Waals surface area contributed by atoms with E-state index < -0.39 is 10.9 Å². The van der Waals surface area contributed by atoms with Crippen LogP contribution in [0.25, 0.3) is 0 Å². The van der Waals surface area contributed by atoms with Crippen LogP contribution in [-0.4, -0.2) is 28.9 Å². The molecule has 0 bridgehead atoms. The second-order valence-electron chi connectivity index (χ2n) is 7.44. The van der Waals surface area contributed by atoms with Gasteiger partial charge in [0.05, 0.1) is 29.0 Å². The maximum absolute atomic E-state index is 12.5. The fourth-order valence-corrected chi connectivity index (χ4v) is 4.41. The third-order valence-corrected chi connectivity index (χ3v) is 5.73. The summed E-state index contributed by atoms with van der Waals surface area (Å²) >= 11 is 1.27. The Labute approximate surface area is 194 Å². The molecular formula is C23H23N3O6S. The lowest BCUT2D eigenvalue weighted by molar-refractivity contribution is -0.385. The monoisotopic (exact) mass is 469 g/mol. The van der Waals surface area contributed by atoms with Crippen LogP contribution < -0.4 is 9.64 Å².